The van der Waals surface area contributed by atoms with Gasteiger partial charge in [0.05, 0.1) is 6.10 Å². The molecule has 0 aromatic carbocycles. The van der Waals surface area contributed by atoms with Crippen LogP contribution in [0.1, 0.15) is 51.4 Å². The van der Waals surface area contributed by atoms with Crippen LogP contribution in [0.4, 0.5) is 0 Å². The highest BCUT2D eigenvalue weighted by Crippen LogP contribution is 2.19. The van der Waals surface area contributed by atoms with Gasteiger partial charge in [-0.15, -0.1) is 0 Å². The van der Waals surface area contributed by atoms with Crippen LogP contribution < -0.4 is 5.32 Å². The zero-order chi connectivity index (χ0) is 9.64. The van der Waals surface area contributed by atoms with Gasteiger partial charge in [-0.1, -0.05) is 12.8 Å². The van der Waals surface area contributed by atoms with Gasteiger partial charge in [-0.3, -0.25) is 0 Å². The maximum absolute atomic E-state index is 5.60. The Hall–Kier alpha value is -0.0800. The summed E-state index contributed by atoms with van der Waals surface area (Å²) in [5.74, 6) is 0. The largest absolute Gasteiger partial charge is 0.378 e. The number of nitrogens with one attached hydrogen (secondary N) is 1. The minimum Gasteiger partial charge on any atom is -0.378 e. The van der Waals surface area contributed by atoms with E-state index in [1.54, 1.807) is 0 Å². The second kappa shape index (κ2) is 5.72. The molecule has 2 rings (SSSR count). The molecule has 0 amide bonds. The van der Waals surface area contributed by atoms with E-state index in [1.165, 1.54) is 57.9 Å². The highest BCUT2D eigenvalue weighted by atomic mass is 16.5. The van der Waals surface area contributed by atoms with Gasteiger partial charge in [-0.05, 0) is 45.1 Å². The molecule has 2 aliphatic rings. The molecule has 2 nitrogen and oxygen atoms in total. The third kappa shape index (κ3) is 3.25. The molecule has 14 heavy (non-hydrogen) atoms. The monoisotopic (exact) mass is 197 g/mol. The molecule has 0 aromatic rings. The Kier molecular flexibility index (Phi) is 4.26. The van der Waals surface area contributed by atoms with E-state index in [0.29, 0.717) is 6.10 Å². The van der Waals surface area contributed by atoms with Crippen LogP contribution in [0.15, 0.2) is 0 Å². The summed E-state index contributed by atoms with van der Waals surface area (Å²) in [6, 6.07) is 0.833. The van der Waals surface area contributed by atoms with Gasteiger partial charge < -0.3 is 10.1 Å². The van der Waals surface area contributed by atoms with E-state index >= 15 is 0 Å². The van der Waals surface area contributed by atoms with Gasteiger partial charge >= 0.3 is 0 Å². The second-order valence-corrected chi connectivity index (χ2v) is 4.71. The Morgan fingerprint density at radius 3 is 2.64 bits per heavy atom. The van der Waals surface area contributed by atoms with Crippen LogP contribution in [0, 0.1) is 0 Å². The van der Waals surface area contributed by atoms with E-state index in [2.05, 4.69) is 5.32 Å². The molecule has 0 spiro atoms. The molecule has 0 aromatic heterocycles. The second-order valence-electron chi connectivity index (χ2n) is 4.71. The molecule has 82 valence electrons. The Bertz CT molecular complexity index is 130. The third-order valence-corrected chi connectivity index (χ3v) is 3.52. The molecule has 1 aliphatic heterocycles. The quantitative estimate of drug-likeness (QED) is 0.684. The van der Waals surface area contributed by atoms with Crippen LogP contribution in [0.25, 0.3) is 0 Å². The smallest absolute Gasteiger partial charge is 0.0576 e. The van der Waals surface area contributed by atoms with Crippen LogP contribution in [0.3, 0.4) is 0 Å². The van der Waals surface area contributed by atoms with Crippen molar-refractivity contribution in [3.63, 3.8) is 0 Å². The molecule has 0 bridgehead atoms. The highest BCUT2D eigenvalue weighted by molar-refractivity contribution is 4.74. The fourth-order valence-electron chi connectivity index (χ4n) is 2.64. The summed E-state index contributed by atoms with van der Waals surface area (Å²) in [5.41, 5.74) is 0. The SMILES string of the molecule is C1CCC(NCCCC2CCCO2)C1. The predicted molar refractivity (Wildman–Crippen MR) is 58.5 cm³/mol. The lowest BCUT2D eigenvalue weighted by molar-refractivity contribution is 0.102. The molecule has 2 fully saturated rings. The van der Waals surface area contributed by atoms with Gasteiger partial charge in [0, 0.05) is 12.6 Å². The maximum atomic E-state index is 5.60. The Morgan fingerprint density at radius 1 is 1.07 bits per heavy atom. The summed E-state index contributed by atoms with van der Waals surface area (Å²) in [6.07, 6.45) is 11.4. The van der Waals surface area contributed by atoms with E-state index in [9.17, 15) is 0 Å². The summed E-state index contributed by atoms with van der Waals surface area (Å²) >= 11 is 0. The molecule has 1 atom stereocenters. The first-order chi connectivity index (χ1) is 6.95. The zero-order valence-corrected chi connectivity index (χ0v) is 9.13. The van der Waals surface area contributed by atoms with Crippen LogP contribution >= 0.6 is 0 Å². The van der Waals surface area contributed by atoms with E-state index in [1.807, 2.05) is 0 Å². The number of hydrogen-bond acceptors (Lipinski definition) is 2. The predicted octanol–water partition coefficient (Wildman–Crippen LogP) is 2.48. The topological polar surface area (TPSA) is 21.3 Å². The van der Waals surface area contributed by atoms with Gasteiger partial charge in [0.2, 0.25) is 0 Å². The molecule has 0 radical (unpaired) electrons. The van der Waals surface area contributed by atoms with E-state index in [0.717, 1.165) is 12.6 Å². The third-order valence-electron chi connectivity index (χ3n) is 3.52. The minimum absolute atomic E-state index is 0.584. The van der Waals surface area contributed by atoms with Crippen molar-refractivity contribution in [3.05, 3.63) is 0 Å². The molecule has 1 N–H and O–H groups in total. The van der Waals surface area contributed by atoms with Crippen molar-refractivity contribution in [3.8, 4) is 0 Å². The van der Waals surface area contributed by atoms with Crippen molar-refractivity contribution in [1.82, 2.24) is 5.32 Å². The lowest BCUT2D eigenvalue weighted by atomic mass is 10.1. The van der Waals surface area contributed by atoms with Crippen LogP contribution in [0.5, 0.6) is 0 Å². The molecule has 1 unspecified atom stereocenters. The normalized spacial score (nSPS) is 28.7. The molecular weight excluding hydrogens is 174 g/mol. The molecule has 1 saturated heterocycles. The van der Waals surface area contributed by atoms with Crippen LogP contribution in [-0.4, -0.2) is 25.3 Å². The number of ether oxygens (including phenoxy) is 1. The van der Waals surface area contributed by atoms with Crippen molar-refractivity contribution < 1.29 is 4.74 Å². The summed E-state index contributed by atoms with van der Waals surface area (Å²) in [5, 5.41) is 3.65. The van der Waals surface area contributed by atoms with Gasteiger partial charge in [-0.2, -0.15) is 0 Å². The Labute approximate surface area is 87.4 Å². The van der Waals surface area contributed by atoms with E-state index < -0.39 is 0 Å². The molecule has 1 heterocycles. The first kappa shape index (κ1) is 10.4. The first-order valence-corrected chi connectivity index (χ1v) is 6.30. The lowest BCUT2D eigenvalue weighted by Crippen LogP contribution is -2.27. The Balaban J connectivity index is 1.46. The minimum atomic E-state index is 0.584. The Morgan fingerprint density at radius 2 is 1.93 bits per heavy atom. The van der Waals surface area contributed by atoms with Crippen molar-refractivity contribution in [2.24, 2.45) is 0 Å². The average Bonchev–Trinajstić information content (AvgIpc) is 2.86. The van der Waals surface area contributed by atoms with Crippen molar-refractivity contribution in [1.29, 1.82) is 0 Å². The highest BCUT2D eigenvalue weighted by Gasteiger charge is 2.16. The van der Waals surface area contributed by atoms with Crippen molar-refractivity contribution >= 4 is 0 Å². The fourth-order valence-corrected chi connectivity index (χ4v) is 2.64. The summed E-state index contributed by atoms with van der Waals surface area (Å²) in [6.45, 7) is 2.20. The van der Waals surface area contributed by atoms with E-state index in [4.69, 9.17) is 4.74 Å². The van der Waals surface area contributed by atoms with Gasteiger partial charge in [0.25, 0.3) is 0 Å². The summed E-state index contributed by atoms with van der Waals surface area (Å²) < 4.78 is 5.60. The molecule has 1 aliphatic carbocycles. The lowest BCUT2D eigenvalue weighted by Gasteiger charge is -2.13. The molecular formula is C12H23NO. The summed E-state index contributed by atoms with van der Waals surface area (Å²) in [7, 11) is 0. The number of rotatable bonds is 5. The van der Waals surface area contributed by atoms with Gasteiger partial charge in [0.15, 0.2) is 0 Å². The first-order valence-electron chi connectivity index (χ1n) is 6.30. The summed E-state index contributed by atoms with van der Waals surface area (Å²) in [4.78, 5) is 0. The average molecular weight is 197 g/mol. The van der Waals surface area contributed by atoms with Crippen LogP contribution in [0.2, 0.25) is 0 Å². The van der Waals surface area contributed by atoms with Crippen molar-refractivity contribution in [2.75, 3.05) is 13.2 Å². The maximum Gasteiger partial charge on any atom is 0.0576 e. The fraction of sp³-hybridized carbons (Fsp3) is 1.00. The van der Waals surface area contributed by atoms with Crippen LogP contribution in [-0.2, 0) is 4.74 Å². The van der Waals surface area contributed by atoms with Crippen molar-refractivity contribution in [2.45, 2.75) is 63.5 Å². The number of hydrogen-bond donors (Lipinski definition) is 1. The molecule has 1 saturated carbocycles. The standard InChI is InChI=1S/C12H23NO/c1-2-6-11(5-1)13-9-3-7-12-8-4-10-14-12/h11-13H,1-10H2. The van der Waals surface area contributed by atoms with Gasteiger partial charge in [-0.25, -0.2) is 0 Å². The zero-order valence-electron chi connectivity index (χ0n) is 9.13. The van der Waals surface area contributed by atoms with E-state index in [-0.39, 0.29) is 0 Å². The molecule has 2 heteroatoms. The van der Waals surface area contributed by atoms with Gasteiger partial charge in [0.1, 0.15) is 0 Å².